The van der Waals surface area contributed by atoms with Crippen molar-refractivity contribution in [3.8, 4) is 0 Å². The van der Waals surface area contributed by atoms with E-state index in [1.807, 2.05) is 0 Å². The zero-order valence-electron chi connectivity index (χ0n) is 14.9. The largest absolute Gasteiger partial charge is 0.469 e. The summed E-state index contributed by atoms with van der Waals surface area (Å²) in [5.41, 5.74) is 6.66. The van der Waals surface area contributed by atoms with Crippen molar-refractivity contribution in [1.29, 1.82) is 0 Å². The number of H-pyrrole nitrogens is 1. The average Bonchev–Trinajstić information content (AvgIpc) is 2.61. The van der Waals surface area contributed by atoms with E-state index >= 15 is 0 Å². The third-order valence-electron chi connectivity index (χ3n) is 3.28. The summed E-state index contributed by atoms with van der Waals surface area (Å²) in [5.74, 6) is -0.786. The van der Waals surface area contributed by atoms with E-state index in [2.05, 4.69) is 25.0 Å². The highest BCUT2D eigenvalue weighted by molar-refractivity contribution is 5.91. The zero-order chi connectivity index (χ0) is 19.8. The van der Waals surface area contributed by atoms with Crippen LogP contribution in [-0.2, 0) is 20.7 Å². The fourth-order valence-electron chi connectivity index (χ4n) is 2.10. The summed E-state index contributed by atoms with van der Waals surface area (Å²) in [6.45, 7) is 2.03. The predicted octanol–water partition coefficient (Wildman–Crippen LogP) is -1.20. The van der Waals surface area contributed by atoms with Gasteiger partial charge in [0.1, 0.15) is 5.69 Å². The normalized spacial score (nSPS) is 11.0. The molecule has 0 atom stereocenters. The fourth-order valence-corrected chi connectivity index (χ4v) is 2.10. The SMILES string of the molecule is CCOC(=O)c1ccc(NC(N)=[NH+]c2nc(CC(=O)OC)cc(=O)[nH]2)cc1. The molecule has 0 saturated carbocycles. The molecule has 2 rings (SSSR count). The molecule has 0 unspecified atom stereocenters. The van der Waals surface area contributed by atoms with Crippen molar-refractivity contribution in [3.63, 3.8) is 0 Å². The molecule has 0 fully saturated rings. The Kier molecular flexibility index (Phi) is 6.64. The van der Waals surface area contributed by atoms with Gasteiger partial charge in [-0.2, -0.15) is 0 Å². The minimum Gasteiger partial charge on any atom is -0.469 e. The number of rotatable bonds is 6. The van der Waals surface area contributed by atoms with Gasteiger partial charge in [-0.05, 0) is 31.2 Å². The number of benzene rings is 1. The van der Waals surface area contributed by atoms with Gasteiger partial charge in [0.05, 0.1) is 31.4 Å². The molecule has 10 nitrogen and oxygen atoms in total. The zero-order valence-corrected chi connectivity index (χ0v) is 14.9. The first-order valence-electron chi connectivity index (χ1n) is 8.02. The lowest BCUT2D eigenvalue weighted by atomic mass is 10.2. The van der Waals surface area contributed by atoms with Gasteiger partial charge >= 0.3 is 17.9 Å². The summed E-state index contributed by atoms with van der Waals surface area (Å²) in [6.07, 6.45) is -0.141. The van der Waals surface area contributed by atoms with E-state index in [9.17, 15) is 14.4 Å². The van der Waals surface area contributed by atoms with Gasteiger partial charge in [-0.1, -0.05) is 0 Å². The van der Waals surface area contributed by atoms with Gasteiger partial charge < -0.3 is 15.2 Å². The summed E-state index contributed by atoms with van der Waals surface area (Å²) in [4.78, 5) is 43.9. The first kappa shape index (κ1) is 19.6. The van der Waals surface area contributed by atoms with E-state index in [4.69, 9.17) is 10.5 Å². The van der Waals surface area contributed by atoms with E-state index in [1.54, 1.807) is 31.2 Å². The fraction of sp³-hybridized carbons (Fsp3) is 0.235. The Morgan fingerprint density at radius 3 is 2.63 bits per heavy atom. The summed E-state index contributed by atoms with van der Waals surface area (Å²) in [6, 6.07) is 7.66. The Bertz CT molecular complexity index is 905. The highest BCUT2D eigenvalue weighted by atomic mass is 16.5. The Morgan fingerprint density at radius 2 is 2.00 bits per heavy atom. The predicted molar refractivity (Wildman–Crippen MR) is 96.4 cm³/mol. The van der Waals surface area contributed by atoms with Gasteiger partial charge in [0.15, 0.2) is 0 Å². The molecule has 0 amide bonds. The standard InChI is InChI=1S/C17H19N5O5/c1-3-27-15(25)10-4-6-11(7-5-10)19-16(18)22-17-20-12(8-13(23)21-17)9-14(24)26-2/h4-8H,3,9H2,1-2H3,(H4,18,19,20,21,22,23)/p+1. The van der Waals surface area contributed by atoms with E-state index in [-0.39, 0.29) is 24.0 Å². The number of nitrogens with zero attached hydrogens (tertiary/aromatic N) is 1. The van der Waals surface area contributed by atoms with Gasteiger partial charge in [-0.3, -0.25) is 14.9 Å². The Hall–Kier alpha value is -3.69. The van der Waals surface area contributed by atoms with Crippen LogP contribution in [0.3, 0.4) is 0 Å². The molecule has 0 radical (unpaired) electrons. The minimum absolute atomic E-state index is 0.0644. The van der Waals surface area contributed by atoms with Crippen molar-refractivity contribution in [2.75, 3.05) is 19.0 Å². The van der Waals surface area contributed by atoms with Crippen LogP contribution in [0.25, 0.3) is 0 Å². The summed E-state index contributed by atoms with van der Waals surface area (Å²) < 4.78 is 9.46. The molecule has 0 aliphatic carbocycles. The number of carbonyl (C=O) groups excluding carboxylic acids is 2. The molecule has 2 aromatic rings. The molecule has 0 saturated heterocycles. The van der Waals surface area contributed by atoms with Gasteiger partial charge in [-0.25, -0.2) is 14.8 Å². The van der Waals surface area contributed by atoms with Crippen molar-refractivity contribution < 1.29 is 24.1 Å². The second kappa shape index (κ2) is 9.13. The van der Waals surface area contributed by atoms with Gasteiger partial charge in [0.25, 0.3) is 11.5 Å². The molecule has 0 aliphatic heterocycles. The van der Waals surface area contributed by atoms with Crippen LogP contribution in [-0.4, -0.2) is 41.6 Å². The van der Waals surface area contributed by atoms with Crippen LogP contribution in [0, 0.1) is 0 Å². The number of aromatic amines is 1. The molecule has 0 spiro atoms. The summed E-state index contributed by atoms with van der Waals surface area (Å²) in [5, 5.41) is 2.86. The van der Waals surface area contributed by atoms with Crippen molar-refractivity contribution in [3.05, 3.63) is 51.9 Å². The van der Waals surface area contributed by atoms with E-state index in [0.29, 0.717) is 17.9 Å². The number of esters is 2. The van der Waals surface area contributed by atoms with Crippen LogP contribution in [0.5, 0.6) is 0 Å². The number of hydrogen-bond donors (Lipinski definition) is 4. The molecular formula is C17H20N5O5+. The molecule has 0 bridgehead atoms. The van der Waals surface area contributed by atoms with Crippen molar-refractivity contribution in [2.24, 2.45) is 5.73 Å². The maximum atomic E-state index is 11.7. The maximum Gasteiger partial charge on any atom is 0.338 e. The van der Waals surface area contributed by atoms with Gasteiger partial charge in [0, 0.05) is 6.07 Å². The lowest BCUT2D eigenvalue weighted by Crippen LogP contribution is -2.73. The van der Waals surface area contributed by atoms with Crippen LogP contribution in [0.1, 0.15) is 23.0 Å². The van der Waals surface area contributed by atoms with Crippen LogP contribution in [0.2, 0.25) is 0 Å². The number of nitrogens with two attached hydrogens (primary N) is 1. The Balaban J connectivity index is 2.12. The van der Waals surface area contributed by atoms with Gasteiger partial charge in [-0.15, -0.1) is 4.98 Å². The number of anilines is 1. The van der Waals surface area contributed by atoms with Crippen molar-refractivity contribution in [2.45, 2.75) is 13.3 Å². The van der Waals surface area contributed by atoms with E-state index in [1.165, 1.54) is 13.2 Å². The molecule has 5 N–H and O–H groups in total. The third kappa shape index (κ3) is 5.96. The van der Waals surface area contributed by atoms with Crippen LogP contribution >= 0.6 is 0 Å². The van der Waals surface area contributed by atoms with Crippen LogP contribution in [0.4, 0.5) is 11.6 Å². The summed E-state index contributed by atoms with van der Waals surface area (Å²) in [7, 11) is 1.25. The Labute approximate surface area is 154 Å². The van der Waals surface area contributed by atoms with Gasteiger partial charge in [0.2, 0.25) is 0 Å². The molecule has 0 aliphatic rings. The lowest BCUT2D eigenvalue weighted by Gasteiger charge is -2.04. The van der Waals surface area contributed by atoms with E-state index < -0.39 is 17.5 Å². The molecular weight excluding hydrogens is 354 g/mol. The second-order valence-corrected chi connectivity index (χ2v) is 5.30. The lowest BCUT2D eigenvalue weighted by molar-refractivity contribution is -0.365. The number of aromatic nitrogens is 2. The highest BCUT2D eigenvalue weighted by Gasteiger charge is 2.11. The van der Waals surface area contributed by atoms with Crippen molar-refractivity contribution >= 4 is 29.5 Å². The number of carbonyl (C=O) groups is 2. The number of guanidine groups is 1. The molecule has 1 aromatic heterocycles. The van der Waals surface area contributed by atoms with Crippen molar-refractivity contribution in [1.82, 2.24) is 9.97 Å². The minimum atomic E-state index is -0.518. The number of hydrogen-bond acceptors (Lipinski definition) is 6. The molecule has 27 heavy (non-hydrogen) atoms. The molecule has 1 heterocycles. The average molecular weight is 374 g/mol. The monoisotopic (exact) mass is 374 g/mol. The number of ether oxygens (including phenoxy) is 2. The van der Waals surface area contributed by atoms with Crippen LogP contribution < -0.4 is 21.6 Å². The topological polar surface area (TPSA) is 150 Å². The van der Waals surface area contributed by atoms with E-state index in [0.717, 1.165) is 0 Å². The number of methoxy groups -OCH3 is 1. The quantitative estimate of drug-likeness (QED) is 0.280. The first-order chi connectivity index (χ1) is 12.9. The second-order valence-electron chi connectivity index (χ2n) is 5.30. The maximum absolute atomic E-state index is 11.7. The third-order valence-corrected chi connectivity index (χ3v) is 3.28. The Morgan fingerprint density at radius 1 is 1.30 bits per heavy atom. The molecule has 142 valence electrons. The highest BCUT2D eigenvalue weighted by Crippen LogP contribution is 2.09. The van der Waals surface area contributed by atoms with Crippen LogP contribution in [0.15, 0.2) is 35.1 Å². The molecule has 10 heteroatoms. The summed E-state index contributed by atoms with van der Waals surface area (Å²) >= 11 is 0. The smallest absolute Gasteiger partial charge is 0.338 e. The number of nitrogens with one attached hydrogen (secondary N) is 3. The molecule has 1 aromatic carbocycles. The first-order valence-corrected chi connectivity index (χ1v) is 8.02.